The highest BCUT2D eigenvalue weighted by molar-refractivity contribution is 5.80. The molecule has 144 valence electrons. The first-order valence-corrected chi connectivity index (χ1v) is 10.1. The van der Waals surface area contributed by atoms with Crippen molar-refractivity contribution in [2.45, 2.75) is 52.1 Å². The second kappa shape index (κ2) is 7.80. The van der Waals surface area contributed by atoms with Gasteiger partial charge in [0.15, 0.2) is 5.82 Å². The predicted octanol–water partition coefficient (Wildman–Crippen LogP) is 2.04. The highest BCUT2D eigenvalue weighted by atomic mass is 16.2. The van der Waals surface area contributed by atoms with Gasteiger partial charge in [-0.15, -0.1) is 10.2 Å². The van der Waals surface area contributed by atoms with Gasteiger partial charge in [0.2, 0.25) is 5.91 Å². The zero-order chi connectivity index (χ0) is 18.8. The normalized spacial score (nSPS) is 18.0. The number of nitrogens with zero attached hydrogens (tertiary/aromatic N) is 3. The van der Waals surface area contributed by atoms with Crippen molar-refractivity contribution >= 4 is 5.91 Å². The molecule has 1 unspecified atom stereocenters. The fourth-order valence-electron chi connectivity index (χ4n) is 4.29. The average molecular weight is 367 g/mol. The van der Waals surface area contributed by atoms with Gasteiger partial charge in [0.25, 0.3) is 0 Å². The molecule has 0 bridgehead atoms. The molecule has 1 atom stereocenters. The zero-order valence-electron chi connectivity index (χ0n) is 16.2. The minimum absolute atomic E-state index is 0.0188. The van der Waals surface area contributed by atoms with E-state index in [-0.39, 0.29) is 17.9 Å². The number of amides is 1. The van der Waals surface area contributed by atoms with Crippen molar-refractivity contribution < 1.29 is 4.79 Å². The van der Waals surface area contributed by atoms with E-state index >= 15 is 0 Å². The van der Waals surface area contributed by atoms with Gasteiger partial charge in [-0.2, -0.15) is 0 Å². The Morgan fingerprint density at radius 2 is 1.96 bits per heavy atom. The first kappa shape index (κ1) is 18.2. The summed E-state index contributed by atoms with van der Waals surface area (Å²) in [5.41, 5.74) is 2.61. The van der Waals surface area contributed by atoms with Crippen LogP contribution < -0.4 is 10.6 Å². The number of nitrogens with one attached hydrogen (secondary N) is 2. The highest BCUT2D eigenvalue weighted by Gasteiger charge is 2.31. The van der Waals surface area contributed by atoms with Crippen molar-refractivity contribution in [3.63, 3.8) is 0 Å². The summed E-state index contributed by atoms with van der Waals surface area (Å²) in [4.78, 5) is 13.1. The molecule has 2 heterocycles. The van der Waals surface area contributed by atoms with Crippen LogP contribution in [0.5, 0.6) is 0 Å². The number of hydrogen-bond donors (Lipinski definition) is 2. The summed E-state index contributed by atoms with van der Waals surface area (Å²) >= 11 is 0. The molecule has 1 aliphatic heterocycles. The van der Waals surface area contributed by atoms with Gasteiger partial charge in [0.1, 0.15) is 5.82 Å². The maximum absolute atomic E-state index is 13.1. The predicted molar refractivity (Wildman–Crippen MR) is 104 cm³/mol. The van der Waals surface area contributed by atoms with E-state index in [1.165, 1.54) is 11.1 Å². The van der Waals surface area contributed by atoms with E-state index in [4.69, 9.17) is 0 Å². The van der Waals surface area contributed by atoms with Crippen LogP contribution in [0.1, 0.15) is 49.1 Å². The lowest BCUT2D eigenvalue weighted by Crippen LogP contribution is -2.36. The van der Waals surface area contributed by atoms with E-state index < -0.39 is 0 Å². The number of benzene rings is 1. The fourth-order valence-corrected chi connectivity index (χ4v) is 4.29. The Hall–Kier alpha value is -2.21. The van der Waals surface area contributed by atoms with E-state index in [9.17, 15) is 4.79 Å². The lowest BCUT2D eigenvalue weighted by Gasteiger charge is -2.22. The van der Waals surface area contributed by atoms with Crippen molar-refractivity contribution in [3.05, 3.63) is 47.0 Å². The molecule has 1 amide bonds. The summed E-state index contributed by atoms with van der Waals surface area (Å²) in [7, 11) is 0. The fraction of sp³-hybridized carbons (Fsp3) is 0.571. The maximum Gasteiger partial charge on any atom is 0.224 e. The third kappa shape index (κ3) is 3.90. The van der Waals surface area contributed by atoms with Gasteiger partial charge in [-0.3, -0.25) is 4.79 Å². The van der Waals surface area contributed by atoms with Crippen LogP contribution in [0, 0.1) is 11.8 Å². The van der Waals surface area contributed by atoms with Gasteiger partial charge in [0, 0.05) is 32.0 Å². The molecule has 2 aliphatic rings. The van der Waals surface area contributed by atoms with Crippen molar-refractivity contribution in [1.29, 1.82) is 0 Å². The van der Waals surface area contributed by atoms with Crippen LogP contribution in [0.3, 0.4) is 0 Å². The minimum atomic E-state index is -0.0828. The van der Waals surface area contributed by atoms with Gasteiger partial charge < -0.3 is 15.2 Å². The van der Waals surface area contributed by atoms with Crippen LogP contribution in [0.4, 0.5) is 0 Å². The third-order valence-corrected chi connectivity index (χ3v) is 5.65. The number of aromatic nitrogens is 3. The first-order valence-electron chi connectivity index (χ1n) is 10.1. The van der Waals surface area contributed by atoms with E-state index in [0.29, 0.717) is 5.92 Å². The summed E-state index contributed by atoms with van der Waals surface area (Å²) < 4.78 is 2.21. The number of fused-ring (bicyclic) bond motifs is 2. The standard InChI is InChI=1S/C21H29N5O/c1-14(2)11-18(20-25-24-19-7-8-22-9-10-26(19)20)23-21(27)17-12-15-5-3-4-6-16(15)13-17/h3-6,14,17-18,22H,7-13H2,1-2H3,(H,23,27). The van der Waals surface area contributed by atoms with Crippen molar-refractivity contribution in [3.8, 4) is 0 Å². The topological polar surface area (TPSA) is 71.8 Å². The molecular weight excluding hydrogens is 338 g/mol. The molecule has 1 aliphatic carbocycles. The molecule has 1 aromatic carbocycles. The molecule has 6 nitrogen and oxygen atoms in total. The Labute approximate surface area is 160 Å². The van der Waals surface area contributed by atoms with Crippen LogP contribution in [-0.2, 0) is 30.6 Å². The largest absolute Gasteiger partial charge is 0.346 e. The Morgan fingerprint density at radius 1 is 1.22 bits per heavy atom. The number of carbonyl (C=O) groups excluding carboxylic acids is 1. The molecule has 0 fully saturated rings. The Kier molecular flexibility index (Phi) is 5.25. The van der Waals surface area contributed by atoms with Gasteiger partial charge in [-0.1, -0.05) is 38.1 Å². The lowest BCUT2D eigenvalue weighted by atomic mass is 10.0. The number of hydrogen-bond acceptors (Lipinski definition) is 4. The molecule has 2 N–H and O–H groups in total. The smallest absolute Gasteiger partial charge is 0.224 e. The van der Waals surface area contributed by atoms with E-state index in [2.05, 4.69) is 63.5 Å². The second-order valence-electron chi connectivity index (χ2n) is 8.19. The Balaban J connectivity index is 1.52. The summed E-state index contributed by atoms with van der Waals surface area (Å²) in [5, 5.41) is 15.6. The quantitative estimate of drug-likeness (QED) is 0.848. The molecule has 0 radical (unpaired) electrons. The number of carbonyl (C=O) groups is 1. The third-order valence-electron chi connectivity index (χ3n) is 5.65. The Bertz CT molecular complexity index is 788. The van der Waals surface area contributed by atoms with E-state index in [0.717, 1.165) is 57.0 Å². The molecule has 2 aromatic rings. The molecule has 0 spiro atoms. The van der Waals surface area contributed by atoms with Crippen molar-refractivity contribution in [1.82, 2.24) is 25.4 Å². The van der Waals surface area contributed by atoms with Crippen LogP contribution in [0.25, 0.3) is 0 Å². The summed E-state index contributed by atoms with van der Waals surface area (Å²) in [5.74, 6) is 2.55. The van der Waals surface area contributed by atoms with Gasteiger partial charge in [-0.05, 0) is 36.3 Å². The monoisotopic (exact) mass is 367 g/mol. The molecule has 1 aromatic heterocycles. The highest BCUT2D eigenvalue weighted by Crippen LogP contribution is 2.28. The van der Waals surface area contributed by atoms with Crippen LogP contribution in [0.2, 0.25) is 0 Å². The molecule has 0 saturated carbocycles. The summed E-state index contributed by atoms with van der Waals surface area (Å²) in [6, 6.07) is 8.31. The zero-order valence-corrected chi connectivity index (χ0v) is 16.2. The van der Waals surface area contributed by atoms with Crippen molar-refractivity contribution in [2.24, 2.45) is 11.8 Å². The second-order valence-corrected chi connectivity index (χ2v) is 8.19. The van der Waals surface area contributed by atoms with Crippen LogP contribution in [-0.4, -0.2) is 33.8 Å². The molecule has 4 rings (SSSR count). The summed E-state index contributed by atoms with van der Waals surface area (Å²) in [6.07, 6.45) is 3.42. The molecule has 6 heteroatoms. The number of rotatable bonds is 5. The van der Waals surface area contributed by atoms with Crippen LogP contribution >= 0.6 is 0 Å². The van der Waals surface area contributed by atoms with Crippen molar-refractivity contribution in [2.75, 3.05) is 13.1 Å². The Morgan fingerprint density at radius 3 is 2.67 bits per heavy atom. The van der Waals surface area contributed by atoms with Crippen LogP contribution in [0.15, 0.2) is 24.3 Å². The lowest BCUT2D eigenvalue weighted by molar-refractivity contribution is -0.125. The summed E-state index contributed by atoms with van der Waals surface area (Å²) in [6.45, 7) is 7.08. The van der Waals surface area contributed by atoms with Gasteiger partial charge in [0.05, 0.1) is 6.04 Å². The van der Waals surface area contributed by atoms with Gasteiger partial charge >= 0.3 is 0 Å². The van der Waals surface area contributed by atoms with E-state index in [1.54, 1.807) is 0 Å². The molecular formula is C21H29N5O. The molecule has 0 saturated heterocycles. The minimum Gasteiger partial charge on any atom is -0.346 e. The van der Waals surface area contributed by atoms with E-state index in [1.807, 2.05) is 0 Å². The first-order chi connectivity index (χ1) is 13.1. The SMILES string of the molecule is CC(C)CC(NC(=O)C1Cc2ccccc2C1)c1nnc2n1CCNCC2. The maximum atomic E-state index is 13.1. The average Bonchev–Trinajstić information content (AvgIpc) is 3.18. The van der Waals surface area contributed by atoms with Gasteiger partial charge in [-0.25, -0.2) is 0 Å². The molecule has 27 heavy (non-hydrogen) atoms.